The second-order valence-corrected chi connectivity index (χ2v) is 20.3. The summed E-state index contributed by atoms with van der Waals surface area (Å²) in [4.78, 5) is 5.04. The van der Waals surface area contributed by atoms with Crippen LogP contribution in [0, 0.1) is 0 Å². The zero-order chi connectivity index (χ0) is 50.2. The summed E-state index contributed by atoms with van der Waals surface area (Å²) in [7, 11) is 0. The van der Waals surface area contributed by atoms with Gasteiger partial charge in [0, 0.05) is 33.9 Å². The highest BCUT2D eigenvalue weighted by Crippen LogP contribution is 2.67. The van der Waals surface area contributed by atoms with Gasteiger partial charge in [0.1, 0.15) is 0 Å². The maximum absolute atomic E-state index is 2.53. The van der Waals surface area contributed by atoms with E-state index in [2.05, 4.69) is 313 Å². The van der Waals surface area contributed by atoms with E-state index in [9.17, 15) is 0 Å². The maximum Gasteiger partial charge on any atom is 0.0755 e. The van der Waals surface area contributed by atoms with E-state index in [0.717, 1.165) is 28.3 Å². The first-order valence-corrected chi connectivity index (χ1v) is 26.4. The lowest BCUT2D eigenvalue weighted by molar-refractivity contribution is 0.754. The molecule has 0 spiro atoms. The molecule has 0 aromatic heterocycles. The summed E-state index contributed by atoms with van der Waals surface area (Å²) in [6, 6.07) is 113. The Morgan fingerprint density at radius 1 is 0.263 bits per heavy atom. The molecule has 0 saturated carbocycles. The number of hydrogen-bond acceptors (Lipinski definition) is 2. The van der Waals surface area contributed by atoms with Crippen LogP contribution in [0.15, 0.2) is 303 Å². The van der Waals surface area contributed by atoms with Crippen LogP contribution in [-0.4, -0.2) is 0 Å². The van der Waals surface area contributed by atoms with Crippen molar-refractivity contribution >= 4 is 34.1 Å². The molecule has 0 radical (unpaired) electrons. The first-order valence-electron chi connectivity index (χ1n) is 26.4. The molecule has 1 atom stereocenters. The van der Waals surface area contributed by atoms with Gasteiger partial charge in [-0.1, -0.05) is 249 Å². The summed E-state index contributed by atoms with van der Waals surface area (Å²) in [6.45, 7) is 0. The molecule has 3 aliphatic rings. The number of benzene rings is 12. The van der Waals surface area contributed by atoms with Crippen LogP contribution >= 0.6 is 0 Å². The smallest absolute Gasteiger partial charge is 0.0755 e. The van der Waals surface area contributed by atoms with E-state index in [4.69, 9.17) is 0 Å². The number of fused-ring (bicyclic) bond motifs is 8. The average molecular weight is 967 g/mol. The number of hydrogen-bond donors (Lipinski definition) is 0. The Kier molecular flexibility index (Phi) is 10.0. The molecule has 15 rings (SSSR count). The van der Waals surface area contributed by atoms with Crippen molar-refractivity contribution in [3.05, 3.63) is 348 Å². The second kappa shape index (κ2) is 17.4. The van der Waals surface area contributed by atoms with Gasteiger partial charge in [-0.2, -0.15) is 0 Å². The molecule has 356 valence electrons. The standard InChI is InChI=1S/C74H50N2/c1-7-24-51(25-8-1)53-28-23-37-58(48-53)75(59-42-44-63-62-38-19-20-39-66(62)73(68(63)49-59,54-29-11-3-12-30-54)55-31-13-4-14-32-55)60-43-45-64-65-47-46-61(52-26-9-2-10-27-52)72-71(65)74(69(64)50-60,56-33-15-5-16-34-56)67-40-21-22-41-70(67)76(72)57-35-17-6-18-36-57/h1-50H. The Morgan fingerprint density at radius 2 is 0.697 bits per heavy atom. The molecule has 76 heavy (non-hydrogen) atoms. The van der Waals surface area contributed by atoms with Crippen molar-refractivity contribution < 1.29 is 0 Å². The van der Waals surface area contributed by atoms with Gasteiger partial charge in [0.25, 0.3) is 0 Å². The quantitative estimate of drug-likeness (QED) is 0.142. The van der Waals surface area contributed by atoms with Crippen LogP contribution in [0.25, 0.3) is 44.5 Å². The van der Waals surface area contributed by atoms with Crippen molar-refractivity contribution in [1.82, 2.24) is 0 Å². The number of nitrogens with zero attached hydrogens (tertiary/aromatic N) is 2. The minimum Gasteiger partial charge on any atom is -0.310 e. The van der Waals surface area contributed by atoms with Crippen LogP contribution in [0.2, 0.25) is 0 Å². The highest BCUT2D eigenvalue weighted by Gasteiger charge is 2.54. The third-order valence-electron chi connectivity index (χ3n) is 16.5. The molecular weight excluding hydrogens is 917 g/mol. The Morgan fingerprint density at radius 3 is 1.33 bits per heavy atom. The van der Waals surface area contributed by atoms with Gasteiger partial charge >= 0.3 is 0 Å². The lowest BCUT2D eigenvalue weighted by Crippen LogP contribution is -2.36. The third-order valence-corrected chi connectivity index (χ3v) is 16.5. The molecule has 0 fully saturated rings. The zero-order valence-electron chi connectivity index (χ0n) is 41.8. The molecule has 12 aromatic rings. The van der Waals surface area contributed by atoms with Crippen LogP contribution in [0.1, 0.15) is 44.5 Å². The molecule has 1 heterocycles. The van der Waals surface area contributed by atoms with Gasteiger partial charge in [0.15, 0.2) is 0 Å². The molecule has 0 saturated heterocycles. The second-order valence-electron chi connectivity index (χ2n) is 20.3. The Balaban J connectivity index is 1.03. The van der Waals surface area contributed by atoms with Crippen molar-refractivity contribution in [1.29, 1.82) is 0 Å². The lowest BCUT2D eigenvalue weighted by Gasteiger charge is -2.45. The van der Waals surface area contributed by atoms with Gasteiger partial charge in [-0.25, -0.2) is 0 Å². The maximum atomic E-state index is 2.53. The molecule has 2 nitrogen and oxygen atoms in total. The molecule has 1 aliphatic heterocycles. The van der Waals surface area contributed by atoms with Gasteiger partial charge in [-0.15, -0.1) is 0 Å². The highest BCUT2D eigenvalue weighted by atomic mass is 15.2. The topological polar surface area (TPSA) is 6.48 Å². The first kappa shape index (κ1) is 43.8. The Labute approximate surface area is 444 Å². The van der Waals surface area contributed by atoms with Crippen molar-refractivity contribution in [2.75, 3.05) is 9.80 Å². The van der Waals surface area contributed by atoms with E-state index in [0.29, 0.717) is 0 Å². The van der Waals surface area contributed by atoms with Crippen molar-refractivity contribution in [3.8, 4) is 44.5 Å². The fourth-order valence-electron chi connectivity index (χ4n) is 13.5. The van der Waals surface area contributed by atoms with E-state index < -0.39 is 10.8 Å². The molecule has 12 aromatic carbocycles. The molecule has 0 bridgehead atoms. The van der Waals surface area contributed by atoms with Crippen molar-refractivity contribution in [2.24, 2.45) is 0 Å². The van der Waals surface area contributed by atoms with E-state index in [1.54, 1.807) is 0 Å². The average Bonchev–Trinajstić information content (AvgIpc) is 4.20. The minimum atomic E-state index is -0.684. The molecule has 2 heteroatoms. The number of anilines is 6. The molecule has 0 amide bonds. The Hall–Kier alpha value is -9.76. The fraction of sp³-hybridized carbons (Fsp3) is 0.0270. The van der Waals surface area contributed by atoms with Crippen LogP contribution < -0.4 is 9.80 Å². The molecule has 1 unspecified atom stereocenters. The SMILES string of the molecule is c1ccc(-c2cccc(N(c3ccc4c(c3)C(c3ccccc3)(c3ccccc3)c3ccccc3-4)c3ccc4c(c3)C3(c5ccccc5)c5ccccc5N(c5ccccc5)c5c(-c6ccccc6)ccc-4c53)c2)cc1. The number of para-hydroxylation sites is 2. The van der Waals surface area contributed by atoms with Gasteiger partial charge < -0.3 is 9.80 Å². The van der Waals surface area contributed by atoms with E-state index in [1.165, 1.54) is 94.8 Å². The van der Waals surface area contributed by atoms with Crippen molar-refractivity contribution in [3.63, 3.8) is 0 Å². The third kappa shape index (κ3) is 6.34. The lowest BCUT2D eigenvalue weighted by atomic mass is 9.64. The first-order chi connectivity index (χ1) is 37.7. The van der Waals surface area contributed by atoms with E-state index >= 15 is 0 Å². The van der Waals surface area contributed by atoms with Gasteiger partial charge in [-0.3, -0.25) is 0 Å². The molecule has 2 aliphatic carbocycles. The summed E-state index contributed by atoms with van der Waals surface area (Å²) in [5.41, 5.74) is 25.3. The zero-order valence-corrected chi connectivity index (χ0v) is 41.8. The summed E-state index contributed by atoms with van der Waals surface area (Å²) in [6.07, 6.45) is 0. The molecule has 0 N–H and O–H groups in total. The largest absolute Gasteiger partial charge is 0.310 e. The predicted octanol–water partition coefficient (Wildman–Crippen LogP) is 19.0. The monoisotopic (exact) mass is 966 g/mol. The summed E-state index contributed by atoms with van der Waals surface area (Å²) in [5, 5.41) is 0. The summed E-state index contributed by atoms with van der Waals surface area (Å²) in [5.74, 6) is 0. The summed E-state index contributed by atoms with van der Waals surface area (Å²) < 4.78 is 0. The normalized spacial score (nSPS) is 15.0. The highest BCUT2D eigenvalue weighted by molar-refractivity contribution is 6.05. The van der Waals surface area contributed by atoms with Gasteiger partial charge in [0.2, 0.25) is 0 Å². The fourth-order valence-corrected chi connectivity index (χ4v) is 13.5. The molecular formula is C74H50N2. The number of rotatable bonds is 9. The van der Waals surface area contributed by atoms with Gasteiger partial charge in [0.05, 0.1) is 22.2 Å². The van der Waals surface area contributed by atoms with Crippen LogP contribution in [-0.2, 0) is 10.8 Å². The van der Waals surface area contributed by atoms with Gasteiger partial charge in [-0.05, 0) is 132 Å². The van der Waals surface area contributed by atoms with Crippen LogP contribution in [0.5, 0.6) is 0 Å². The van der Waals surface area contributed by atoms with Crippen LogP contribution in [0.4, 0.5) is 34.1 Å². The summed E-state index contributed by atoms with van der Waals surface area (Å²) >= 11 is 0. The minimum absolute atomic E-state index is 0.567. The predicted molar refractivity (Wildman–Crippen MR) is 315 cm³/mol. The van der Waals surface area contributed by atoms with Crippen LogP contribution in [0.3, 0.4) is 0 Å². The Bertz CT molecular complexity index is 4120. The van der Waals surface area contributed by atoms with E-state index in [1.807, 2.05) is 0 Å². The van der Waals surface area contributed by atoms with E-state index in [-0.39, 0.29) is 0 Å². The van der Waals surface area contributed by atoms with Crippen molar-refractivity contribution in [2.45, 2.75) is 10.8 Å².